The lowest BCUT2D eigenvalue weighted by atomic mass is 10.2. The van der Waals surface area contributed by atoms with Crippen molar-refractivity contribution in [1.29, 1.82) is 0 Å². The maximum atomic E-state index is 12.1. The number of ether oxygens (including phenoxy) is 2. The van der Waals surface area contributed by atoms with Crippen molar-refractivity contribution < 1.29 is 28.7 Å². The third-order valence-corrected chi connectivity index (χ3v) is 3.16. The Bertz CT molecular complexity index is 660. The summed E-state index contributed by atoms with van der Waals surface area (Å²) in [6.45, 7) is -0.755. The zero-order valence-electron chi connectivity index (χ0n) is 13.0. The number of nitrogens with zero attached hydrogens (tertiary/aromatic N) is 1. The summed E-state index contributed by atoms with van der Waals surface area (Å²) in [4.78, 5) is 47.6. The Hall–Kier alpha value is -3.10. The smallest absolute Gasteiger partial charge is 0.326 e. The lowest BCUT2D eigenvalue weighted by Crippen LogP contribution is -2.41. The Morgan fingerprint density at radius 3 is 2.79 bits per heavy atom. The molecular weight excluding hydrogens is 318 g/mol. The largest absolute Gasteiger partial charge is 0.491 e. The monoisotopic (exact) mass is 335 g/mol. The van der Waals surface area contributed by atoms with Crippen molar-refractivity contribution in [3.63, 3.8) is 0 Å². The summed E-state index contributed by atoms with van der Waals surface area (Å²) in [5, 5.41) is 4.15. The van der Waals surface area contributed by atoms with Crippen molar-refractivity contribution in [2.45, 2.75) is 6.42 Å². The molecule has 0 saturated heterocycles. The lowest BCUT2D eigenvalue weighted by molar-refractivity contribution is -0.147. The molecule has 1 aromatic rings. The number of anilines is 1. The zero-order chi connectivity index (χ0) is 17.5. The van der Waals surface area contributed by atoms with Crippen LogP contribution in [0.15, 0.2) is 24.3 Å². The van der Waals surface area contributed by atoms with Gasteiger partial charge in [-0.3, -0.25) is 24.6 Å². The average Bonchev–Trinajstić information content (AvgIpc) is 2.72. The van der Waals surface area contributed by atoms with Gasteiger partial charge in [-0.1, -0.05) is 12.1 Å². The molecule has 2 rings (SSSR count). The second kappa shape index (κ2) is 7.95. The van der Waals surface area contributed by atoms with Crippen molar-refractivity contribution in [3.8, 4) is 5.75 Å². The van der Waals surface area contributed by atoms with Gasteiger partial charge < -0.3 is 14.8 Å². The van der Waals surface area contributed by atoms with E-state index in [1.54, 1.807) is 24.3 Å². The third kappa shape index (κ3) is 4.45. The molecule has 0 aromatic heterocycles. The van der Waals surface area contributed by atoms with Crippen LogP contribution in [-0.4, -0.2) is 50.6 Å². The van der Waals surface area contributed by atoms with E-state index in [4.69, 9.17) is 9.47 Å². The van der Waals surface area contributed by atoms with E-state index in [1.807, 2.05) is 5.32 Å². The van der Waals surface area contributed by atoms with Gasteiger partial charge in [0, 0.05) is 7.05 Å². The molecule has 4 amide bonds. The van der Waals surface area contributed by atoms with Crippen molar-refractivity contribution in [1.82, 2.24) is 10.6 Å². The first-order chi connectivity index (χ1) is 11.5. The van der Waals surface area contributed by atoms with E-state index in [0.717, 1.165) is 0 Å². The highest BCUT2D eigenvalue weighted by molar-refractivity contribution is 6.00. The number of imide groups is 1. The minimum atomic E-state index is -0.771. The topological polar surface area (TPSA) is 114 Å². The molecule has 0 radical (unpaired) electrons. The summed E-state index contributed by atoms with van der Waals surface area (Å²) >= 11 is 0. The van der Waals surface area contributed by atoms with Gasteiger partial charge in [0.25, 0.3) is 5.91 Å². The number of fused-ring (bicyclic) bond motifs is 1. The van der Waals surface area contributed by atoms with Crippen LogP contribution in [0.3, 0.4) is 0 Å². The van der Waals surface area contributed by atoms with E-state index in [0.29, 0.717) is 11.4 Å². The van der Waals surface area contributed by atoms with Crippen LogP contribution in [0.4, 0.5) is 10.5 Å². The van der Waals surface area contributed by atoms with Crippen LogP contribution < -0.4 is 20.3 Å². The number of benzene rings is 1. The molecule has 0 atom stereocenters. The van der Waals surface area contributed by atoms with E-state index in [9.17, 15) is 19.2 Å². The molecule has 0 bridgehead atoms. The van der Waals surface area contributed by atoms with Crippen molar-refractivity contribution in [2.24, 2.45) is 0 Å². The molecule has 0 saturated carbocycles. The lowest BCUT2D eigenvalue weighted by Gasteiger charge is -2.20. The van der Waals surface area contributed by atoms with E-state index >= 15 is 0 Å². The summed E-state index contributed by atoms with van der Waals surface area (Å²) in [5.74, 6) is -1.33. The van der Waals surface area contributed by atoms with Crippen LogP contribution in [0.5, 0.6) is 5.75 Å². The predicted octanol–water partition coefficient (Wildman–Crippen LogP) is -0.199. The minimum absolute atomic E-state index is 0.124. The Kier molecular flexibility index (Phi) is 5.72. The number of hydrogen-bond acceptors (Lipinski definition) is 6. The molecule has 2 N–H and O–H groups in total. The molecule has 9 nitrogen and oxygen atoms in total. The molecule has 9 heteroatoms. The summed E-state index contributed by atoms with van der Waals surface area (Å²) in [6, 6.07) is 6.13. The Balaban J connectivity index is 1.96. The second-order valence-corrected chi connectivity index (χ2v) is 4.83. The fraction of sp³-hybridized carbons (Fsp3) is 0.333. The molecule has 1 aliphatic heterocycles. The number of amides is 4. The molecule has 1 aliphatic rings. The number of urea groups is 1. The van der Waals surface area contributed by atoms with Crippen molar-refractivity contribution >= 4 is 29.5 Å². The molecular formula is C15H17N3O6. The number of rotatable bonds is 4. The van der Waals surface area contributed by atoms with Gasteiger partial charge in [0.1, 0.15) is 12.3 Å². The third-order valence-electron chi connectivity index (χ3n) is 3.16. The summed E-state index contributed by atoms with van der Waals surface area (Å²) in [7, 11) is 1.35. The molecule has 24 heavy (non-hydrogen) atoms. The Morgan fingerprint density at radius 2 is 2.04 bits per heavy atom. The number of nitrogens with one attached hydrogen (secondary N) is 2. The van der Waals surface area contributed by atoms with Gasteiger partial charge in [-0.05, 0) is 12.1 Å². The normalized spacial score (nSPS) is 13.2. The average molecular weight is 335 g/mol. The Labute approximate surface area is 137 Å². The highest BCUT2D eigenvalue weighted by atomic mass is 16.5. The number of esters is 1. The molecule has 128 valence electrons. The Morgan fingerprint density at radius 1 is 1.29 bits per heavy atom. The quantitative estimate of drug-likeness (QED) is 0.737. The summed E-state index contributed by atoms with van der Waals surface area (Å²) < 4.78 is 10.3. The first kappa shape index (κ1) is 17.3. The van der Waals surface area contributed by atoms with Crippen LogP contribution in [0.1, 0.15) is 6.42 Å². The van der Waals surface area contributed by atoms with Gasteiger partial charge in [0.15, 0.2) is 6.61 Å². The van der Waals surface area contributed by atoms with Gasteiger partial charge in [0.05, 0.1) is 18.7 Å². The zero-order valence-corrected chi connectivity index (χ0v) is 13.0. The standard InChI is InChI=1S/C15H17N3O6/c1-16-15(22)17-12(19)9-24-14(21)8-18-10-4-2-3-5-11(10)23-7-6-13(18)20/h2-5H,6-9H2,1H3,(H2,16,17,19,22). The maximum absolute atomic E-state index is 12.1. The van der Waals surface area contributed by atoms with Gasteiger partial charge >= 0.3 is 12.0 Å². The van der Waals surface area contributed by atoms with Gasteiger partial charge in [-0.15, -0.1) is 0 Å². The number of carbonyl (C=O) groups excluding carboxylic acids is 4. The SMILES string of the molecule is CNC(=O)NC(=O)COC(=O)CN1C(=O)CCOc2ccccc21. The molecule has 1 heterocycles. The number of hydrogen-bond donors (Lipinski definition) is 2. The molecule has 0 unspecified atom stereocenters. The fourth-order valence-electron chi connectivity index (χ4n) is 2.04. The molecule has 1 aromatic carbocycles. The number of para-hydroxylation sites is 2. The van der Waals surface area contributed by atoms with Crippen LogP contribution in [-0.2, 0) is 19.1 Å². The second-order valence-electron chi connectivity index (χ2n) is 4.83. The maximum Gasteiger partial charge on any atom is 0.326 e. The van der Waals surface area contributed by atoms with Gasteiger partial charge in [-0.2, -0.15) is 0 Å². The first-order valence-corrected chi connectivity index (χ1v) is 7.20. The molecule has 0 aliphatic carbocycles. The fourth-order valence-corrected chi connectivity index (χ4v) is 2.04. The van der Waals surface area contributed by atoms with Crippen LogP contribution in [0.25, 0.3) is 0 Å². The summed E-state index contributed by atoms with van der Waals surface area (Å²) in [5.41, 5.74) is 0.465. The van der Waals surface area contributed by atoms with Crippen LogP contribution in [0.2, 0.25) is 0 Å². The van der Waals surface area contributed by atoms with E-state index in [2.05, 4.69) is 5.32 Å². The van der Waals surface area contributed by atoms with Crippen LogP contribution >= 0.6 is 0 Å². The van der Waals surface area contributed by atoms with Crippen molar-refractivity contribution in [3.05, 3.63) is 24.3 Å². The van der Waals surface area contributed by atoms with E-state index < -0.39 is 24.5 Å². The van der Waals surface area contributed by atoms with E-state index in [-0.39, 0.29) is 25.5 Å². The highest BCUT2D eigenvalue weighted by Crippen LogP contribution is 2.30. The number of carbonyl (C=O) groups is 4. The van der Waals surface area contributed by atoms with Gasteiger partial charge in [0.2, 0.25) is 5.91 Å². The van der Waals surface area contributed by atoms with E-state index in [1.165, 1.54) is 11.9 Å². The van der Waals surface area contributed by atoms with Crippen molar-refractivity contribution in [2.75, 3.05) is 31.7 Å². The van der Waals surface area contributed by atoms with Crippen LogP contribution in [0, 0.1) is 0 Å². The highest BCUT2D eigenvalue weighted by Gasteiger charge is 2.25. The minimum Gasteiger partial charge on any atom is -0.491 e. The predicted molar refractivity (Wildman–Crippen MR) is 82.5 cm³/mol. The van der Waals surface area contributed by atoms with Gasteiger partial charge in [-0.25, -0.2) is 4.79 Å². The first-order valence-electron chi connectivity index (χ1n) is 7.20. The molecule has 0 fully saturated rings. The molecule has 0 spiro atoms. The summed E-state index contributed by atoms with van der Waals surface area (Å²) in [6.07, 6.45) is 0.124.